The lowest BCUT2D eigenvalue weighted by atomic mass is 9.77. The molecular formula is C21H21ClF3N3O2S. The zero-order valence-electron chi connectivity index (χ0n) is 17.1. The Morgan fingerprint density at radius 2 is 2.00 bits per heavy atom. The summed E-state index contributed by atoms with van der Waals surface area (Å²) < 4.78 is 57.1. The van der Waals surface area contributed by atoms with Crippen LogP contribution in [0.4, 0.5) is 18.9 Å². The lowest BCUT2D eigenvalue weighted by molar-refractivity contribution is -0.216. The summed E-state index contributed by atoms with van der Waals surface area (Å²) >= 11 is 11.1. The van der Waals surface area contributed by atoms with Crippen LogP contribution in [0.2, 0.25) is 5.02 Å². The van der Waals surface area contributed by atoms with Crippen LogP contribution in [0.1, 0.15) is 38.1 Å². The van der Waals surface area contributed by atoms with Crippen LogP contribution in [-0.2, 0) is 10.3 Å². The zero-order valence-corrected chi connectivity index (χ0v) is 18.6. The van der Waals surface area contributed by atoms with Gasteiger partial charge in [0.2, 0.25) is 0 Å². The number of halogens is 4. The molecule has 2 N–H and O–H groups in total. The maximum atomic E-state index is 15.6. The summed E-state index contributed by atoms with van der Waals surface area (Å²) in [6.07, 6.45) is 1.50. The lowest BCUT2D eigenvalue weighted by Crippen LogP contribution is -2.62. The third-order valence-electron chi connectivity index (χ3n) is 5.77. The fourth-order valence-corrected chi connectivity index (χ4v) is 4.35. The summed E-state index contributed by atoms with van der Waals surface area (Å²) in [5.41, 5.74) is -3.18. The Morgan fingerprint density at radius 1 is 1.26 bits per heavy atom. The molecule has 1 aromatic heterocycles. The van der Waals surface area contributed by atoms with E-state index in [1.54, 1.807) is 6.07 Å². The average molecular weight is 472 g/mol. The van der Waals surface area contributed by atoms with Crippen molar-refractivity contribution in [1.29, 1.82) is 0 Å². The van der Waals surface area contributed by atoms with E-state index >= 15 is 8.78 Å². The Bertz CT molecular complexity index is 1050. The second-order valence-corrected chi connectivity index (χ2v) is 9.22. The molecule has 0 spiro atoms. The Balaban J connectivity index is 1.72. The van der Waals surface area contributed by atoms with Gasteiger partial charge >= 0.3 is 5.92 Å². The predicted octanol–water partition coefficient (Wildman–Crippen LogP) is 5.00. The highest BCUT2D eigenvalue weighted by atomic mass is 35.5. The highest BCUT2D eigenvalue weighted by Gasteiger charge is 2.64. The van der Waals surface area contributed by atoms with Crippen LogP contribution < -0.4 is 15.4 Å². The topological polar surface area (TPSA) is 55.4 Å². The number of thiocarbonyl (C=S) groups is 1. The first-order valence-electron chi connectivity index (χ1n) is 9.62. The van der Waals surface area contributed by atoms with Crippen molar-refractivity contribution in [3.63, 3.8) is 0 Å². The van der Waals surface area contributed by atoms with Gasteiger partial charge in [-0.25, -0.2) is 13.2 Å². The van der Waals surface area contributed by atoms with E-state index in [2.05, 4.69) is 15.6 Å². The van der Waals surface area contributed by atoms with Crippen molar-refractivity contribution in [3.05, 3.63) is 52.6 Å². The second kappa shape index (κ2) is 7.50. The molecule has 166 valence electrons. The van der Waals surface area contributed by atoms with Crippen LogP contribution in [-0.4, -0.2) is 34.7 Å². The van der Waals surface area contributed by atoms with Crippen LogP contribution in [0.25, 0.3) is 0 Å². The van der Waals surface area contributed by atoms with Gasteiger partial charge in [-0.2, -0.15) is 0 Å². The number of hydrogen-bond donors (Lipinski definition) is 2. The first kappa shape index (κ1) is 22.1. The number of hydrogen-bond acceptors (Lipinski definition) is 5. The highest BCUT2D eigenvalue weighted by Crippen LogP contribution is 2.48. The average Bonchev–Trinajstić information content (AvgIpc) is 3.06. The van der Waals surface area contributed by atoms with E-state index in [9.17, 15) is 4.39 Å². The first-order chi connectivity index (χ1) is 14.4. The monoisotopic (exact) mass is 471 g/mol. The van der Waals surface area contributed by atoms with Gasteiger partial charge in [-0.05, 0) is 39.0 Å². The van der Waals surface area contributed by atoms with E-state index in [-0.39, 0.29) is 29.8 Å². The molecule has 31 heavy (non-hydrogen) atoms. The molecule has 0 bridgehead atoms. The summed E-state index contributed by atoms with van der Waals surface area (Å²) in [5.74, 6) is -3.74. The number of nitrogens with one attached hydrogen (secondary N) is 2. The number of nitrogens with zero attached hydrogens (tertiary/aromatic N) is 1. The minimum absolute atomic E-state index is 0.0738. The summed E-state index contributed by atoms with van der Waals surface area (Å²) in [7, 11) is 0. The molecule has 0 saturated carbocycles. The van der Waals surface area contributed by atoms with Gasteiger partial charge in [0.1, 0.15) is 46.0 Å². The third-order valence-corrected chi connectivity index (χ3v) is 6.19. The van der Waals surface area contributed by atoms with Crippen LogP contribution in [0.3, 0.4) is 0 Å². The number of alkyl halides is 2. The molecule has 0 aliphatic carbocycles. The molecule has 4 rings (SSSR count). The smallest absolute Gasteiger partial charge is 0.302 e. The number of ether oxygens (including phenoxy) is 2. The highest BCUT2D eigenvalue weighted by molar-refractivity contribution is 7.80. The van der Waals surface area contributed by atoms with Crippen molar-refractivity contribution < 1.29 is 22.6 Å². The fourth-order valence-electron chi connectivity index (χ4n) is 3.94. The molecular weight excluding hydrogens is 451 g/mol. The molecule has 0 radical (unpaired) electrons. The Kier molecular flexibility index (Phi) is 5.34. The zero-order chi connectivity index (χ0) is 22.6. The molecule has 2 aliphatic heterocycles. The summed E-state index contributed by atoms with van der Waals surface area (Å²) in [6, 6.07) is 5.29. The van der Waals surface area contributed by atoms with Crippen molar-refractivity contribution in [2.75, 3.05) is 18.5 Å². The SMILES string of the molecule is CC1(C)OCC(=S)NC(C)(c2cc(NC3COc4cc(Cl)cnc43)ccc2F)C1(F)F. The molecule has 1 aromatic carbocycles. The molecule has 10 heteroatoms. The molecule has 0 amide bonds. The van der Waals surface area contributed by atoms with Crippen molar-refractivity contribution in [3.8, 4) is 5.75 Å². The van der Waals surface area contributed by atoms with E-state index in [4.69, 9.17) is 33.3 Å². The van der Waals surface area contributed by atoms with Gasteiger partial charge in [-0.15, -0.1) is 0 Å². The van der Waals surface area contributed by atoms with E-state index < -0.39 is 22.9 Å². The predicted molar refractivity (Wildman–Crippen MR) is 116 cm³/mol. The van der Waals surface area contributed by atoms with Gasteiger partial charge in [0.25, 0.3) is 0 Å². The minimum atomic E-state index is -3.50. The number of benzene rings is 1. The number of anilines is 1. The maximum absolute atomic E-state index is 15.6. The summed E-state index contributed by atoms with van der Waals surface area (Å²) in [6.45, 7) is 3.86. The van der Waals surface area contributed by atoms with Crippen LogP contribution in [0, 0.1) is 5.82 Å². The van der Waals surface area contributed by atoms with Gasteiger partial charge in [0, 0.05) is 23.5 Å². The fraction of sp³-hybridized carbons (Fsp3) is 0.429. The molecule has 1 saturated heterocycles. The number of fused-ring (bicyclic) bond motifs is 1. The van der Waals surface area contributed by atoms with E-state index in [0.29, 0.717) is 22.2 Å². The molecule has 2 unspecified atom stereocenters. The van der Waals surface area contributed by atoms with Gasteiger partial charge in [-0.3, -0.25) is 4.98 Å². The Morgan fingerprint density at radius 3 is 2.74 bits per heavy atom. The molecule has 5 nitrogen and oxygen atoms in total. The number of aromatic nitrogens is 1. The standard InChI is InChI=1S/C21H21ClF3N3O2S/c1-19(2)21(24,25)20(3,28-17(31)10-30-19)13-7-12(4-5-14(13)23)27-15-9-29-16-6-11(22)8-26-18(15)16/h4-8,15,27H,9-10H2,1-3H3,(H,28,31). The second-order valence-electron chi connectivity index (χ2n) is 8.29. The van der Waals surface area contributed by atoms with Crippen molar-refractivity contribution in [1.82, 2.24) is 10.3 Å². The quantitative estimate of drug-likeness (QED) is 0.615. The number of pyridine rings is 1. The van der Waals surface area contributed by atoms with E-state index in [0.717, 1.165) is 6.07 Å². The van der Waals surface area contributed by atoms with Gasteiger partial charge in [0.05, 0.1) is 11.6 Å². The van der Waals surface area contributed by atoms with Crippen molar-refractivity contribution >= 4 is 34.5 Å². The van der Waals surface area contributed by atoms with Crippen LogP contribution >= 0.6 is 23.8 Å². The van der Waals surface area contributed by atoms with Crippen molar-refractivity contribution in [2.24, 2.45) is 0 Å². The number of rotatable bonds is 3. The summed E-state index contributed by atoms with van der Waals surface area (Å²) in [4.78, 5) is 4.36. The van der Waals surface area contributed by atoms with Crippen molar-refractivity contribution in [2.45, 2.75) is 43.9 Å². The first-order valence-corrected chi connectivity index (χ1v) is 10.4. The molecule has 2 atom stereocenters. The normalized spacial score (nSPS) is 26.4. The maximum Gasteiger partial charge on any atom is 0.302 e. The van der Waals surface area contributed by atoms with Gasteiger partial charge in [0.15, 0.2) is 0 Å². The Hall–Kier alpha value is -2.10. The minimum Gasteiger partial charge on any atom is -0.489 e. The summed E-state index contributed by atoms with van der Waals surface area (Å²) in [5, 5.41) is 6.26. The molecule has 3 heterocycles. The molecule has 2 aromatic rings. The van der Waals surface area contributed by atoms with Crippen LogP contribution in [0.15, 0.2) is 30.5 Å². The van der Waals surface area contributed by atoms with Crippen LogP contribution in [0.5, 0.6) is 5.75 Å². The van der Waals surface area contributed by atoms with Gasteiger partial charge in [-0.1, -0.05) is 23.8 Å². The largest absolute Gasteiger partial charge is 0.489 e. The van der Waals surface area contributed by atoms with Gasteiger partial charge < -0.3 is 20.1 Å². The van der Waals surface area contributed by atoms with E-state index in [1.807, 2.05) is 0 Å². The lowest BCUT2D eigenvalue weighted by Gasteiger charge is -2.44. The molecule has 2 aliphatic rings. The Labute approximate surface area is 188 Å². The third kappa shape index (κ3) is 3.62. The van der Waals surface area contributed by atoms with E-state index in [1.165, 1.54) is 39.1 Å². The molecule has 1 fully saturated rings.